The molecule has 0 radical (unpaired) electrons. The Morgan fingerprint density at radius 2 is 1.65 bits per heavy atom. The summed E-state index contributed by atoms with van der Waals surface area (Å²) in [5.74, 6) is 0.612. The van der Waals surface area contributed by atoms with Crippen molar-refractivity contribution in [3.05, 3.63) is 0 Å². The van der Waals surface area contributed by atoms with E-state index in [1.54, 1.807) is 6.92 Å². The quantitative estimate of drug-likeness (QED) is 0.802. The first-order valence-corrected chi connectivity index (χ1v) is 6.20. The molecule has 3 N–H and O–H groups in total. The monoisotopic (exact) mass is 264 g/mol. The maximum absolute atomic E-state index is 11.6. The zero-order chi connectivity index (χ0) is 12.9. The molecule has 0 spiro atoms. The van der Waals surface area contributed by atoms with E-state index in [4.69, 9.17) is 5.73 Å². The standard InChI is InChI=1S/C13H28N2O.ClH/c1-9(2)7-8-11(13(4,5)6)15-12(16)10(3)14;/h9-11H,7-8,14H2,1-6H3,(H,15,16);1H/t10-,11?;/m0./s1. The van der Waals surface area contributed by atoms with Gasteiger partial charge in [0, 0.05) is 6.04 Å². The summed E-state index contributed by atoms with van der Waals surface area (Å²) in [6.07, 6.45) is 2.14. The minimum atomic E-state index is -0.427. The second-order valence-electron chi connectivity index (χ2n) is 6.19. The van der Waals surface area contributed by atoms with Crippen LogP contribution in [0.3, 0.4) is 0 Å². The summed E-state index contributed by atoms with van der Waals surface area (Å²) in [4.78, 5) is 11.6. The molecular formula is C13H29ClN2O. The minimum absolute atomic E-state index is 0. The van der Waals surface area contributed by atoms with Gasteiger partial charge in [-0.25, -0.2) is 0 Å². The number of halogens is 1. The Balaban J connectivity index is 0. The average Bonchev–Trinajstić information content (AvgIpc) is 2.09. The van der Waals surface area contributed by atoms with Crippen LogP contribution < -0.4 is 11.1 Å². The molecule has 0 rings (SSSR count). The molecule has 0 bridgehead atoms. The molecule has 2 atom stereocenters. The summed E-state index contributed by atoms with van der Waals surface area (Å²) in [6.45, 7) is 12.6. The summed E-state index contributed by atoms with van der Waals surface area (Å²) < 4.78 is 0. The number of carbonyl (C=O) groups is 1. The molecule has 0 aromatic carbocycles. The second kappa shape index (κ2) is 7.93. The van der Waals surface area contributed by atoms with Gasteiger partial charge in [0.2, 0.25) is 5.91 Å². The molecule has 4 heteroatoms. The Hall–Kier alpha value is -0.280. The van der Waals surface area contributed by atoms with E-state index >= 15 is 0 Å². The highest BCUT2D eigenvalue weighted by Crippen LogP contribution is 2.24. The predicted molar refractivity (Wildman–Crippen MR) is 76.4 cm³/mol. The van der Waals surface area contributed by atoms with E-state index in [0.717, 1.165) is 12.8 Å². The number of hydrogen-bond donors (Lipinski definition) is 2. The fraction of sp³-hybridized carbons (Fsp3) is 0.923. The Morgan fingerprint density at radius 1 is 1.18 bits per heavy atom. The van der Waals surface area contributed by atoms with Gasteiger partial charge in [-0.3, -0.25) is 4.79 Å². The highest BCUT2D eigenvalue weighted by molar-refractivity contribution is 5.85. The highest BCUT2D eigenvalue weighted by Gasteiger charge is 2.26. The van der Waals surface area contributed by atoms with Crippen LogP contribution in [0.5, 0.6) is 0 Å². The van der Waals surface area contributed by atoms with Crippen molar-refractivity contribution < 1.29 is 4.79 Å². The van der Waals surface area contributed by atoms with Crippen molar-refractivity contribution in [3.63, 3.8) is 0 Å². The summed E-state index contributed by atoms with van der Waals surface area (Å²) in [5.41, 5.74) is 5.65. The molecule has 17 heavy (non-hydrogen) atoms. The van der Waals surface area contributed by atoms with Crippen LogP contribution in [0.4, 0.5) is 0 Å². The third kappa shape index (κ3) is 8.44. The van der Waals surface area contributed by atoms with Gasteiger partial charge in [0.15, 0.2) is 0 Å². The molecular weight excluding hydrogens is 236 g/mol. The minimum Gasteiger partial charge on any atom is -0.352 e. The lowest BCUT2D eigenvalue weighted by molar-refractivity contribution is -0.123. The highest BCUT2D eigenvalue weighted by atomic mass is 35.5. The molecule has 0 aliphatic heterocycles. The Labute approximate surface area is 112 Å². The van der Waals surface area contributed by atoms with Crippen molar-refractivity contribution in [2.24, 2.45) is 17.1 Å². The largest absolute Gasteiger partial charge is 0.352 e. The van der Waals surface area contributed by atoms with Crippen molar-refractivity contribution in [1.29, 1.82) is 0 Å². The summed E-state index contributed by atoms with van der Waals surface area (Å²) in [6, 6.07) is -0.225. The molecule has 3 nitrogen and oxygen atoms in total. The molecule has 0 fully saturated rings. The van der Waals surface area contributed by atoms with Crippen molar-refractivity contribution in [1.82, 2.24) is 5.32 Å². The first kappa shape index (κ1) is 19.1. The van der Waals surface area contributed by atoms with E-state index in [1.807, 2.05) is 0 Å². The van der Waals surface area contributed by atoms with Gasteiger partial charge in [0.1, 0.15) is 0 Å². The molecule has 104 valence electrons. The SMILES string of the molecule is CC(C)CCC(NC(=O)[C@H](C)N)C(C)(C)C.Cl. The van der Waals surface area contributed by atoms with Gasteiger partial charge in [-0.2, -0.15) is 0 Å². The Bertz CT molecular complexity index is 222. The number of nitrogens with two attached hydrogens (primary N) is 1. The summed E-state index contributed by atoms with van der Waals surface area (Å²) >= 11 is 0. The topological polar surface area (TPSA) is 55.1 Å². The van der Waals surface area contributed by atoms with Gasteiger partial charge in [-0.15, -0.1) is 12.4 Å². The zero-order valence-electron chi connectivity index (χ0n) is 12.0. The van der Waals surface area contributed by atoms with Crippen LogP contribution in [0.25, 0.3) is 0 Å². The number of hydrogen-bond acceptors (Lipinski definition) is 2. The van der Waals surface area contributed by atoms with Crippen LogP contribution in [0.15, 0.2) is 0 Å². The normalized spacial score (nSPS) is 15.1. The molecule has 0 aromatic rings. The maximum atomic E-state index is 11.6. The predicted octanol–water partition coefficient (Wildman–Crippen LogP) is 2.72. The van der Waals surface area contributed by atoms with E-state index in [9.17, 15) is 4.79 Å². The Kier molecular flexibility index (Phi) is 8.90. The van der Waals surface area contributed by atoms with Gasteiger partial charge in [0.25, 0.3) is 0 Å². The molecule has 0 saturated carbocycles. The molecule has 0 saturated heterocycles. The van der Waals surface area contributed by atoms with Crippen LogP contribution in [-0.4, -0.2) is 18.0 Å². The molecule has 1 unspecified atom stereocenters. The molecule has 0 aliphatic carbocycles. The number of amides is 1. The van der Waals surface area contributed by atoms with Crippen molar-refractivity contribution >= 4 is 18.3 Å². The Morgan fingerprint density at radius 3 is 1.94 bits per heavy atom. The number of nitrogens with one attached hydrogen (secondary N) is 1. The van der Waals surface area contributed by atoms with Crippen molar-refractivity contribution in [2.45, 2.75) is 66.5 Å². The van der Waals surface area contributed by atoms with Crippen LogP contribution in [0.1, 0.15) is 54.4 Å². The number of rotatable bonds is 5. The maximum Gasteiger partial charge on any atom is 0.236 e. The average molecular weight is 265 g/mol. The molecule has 0 aliphatic rings. The van der Waals surface area contributed by atoms with Crippen molar-refractivity contribution in [2.75, 3.05) is 0 Å². The van der Waals surface area contributed by atoms with Gasteiger partial charge in [-0.1, -0.05) is 34.6 Å². The van der Waals surface area contributed by atoms with Crippen LogP contribution in [0.2, 0.25) is 0 Å². The van der Waals surface area contributed by atoms with E-state index in [-0.39, 0.29) is 29.8 Å². The third-order valence-corrected chi connectivity index (χ3v) is 2.81. The van der Waals surface area contributed by atoms with Gasteiger partial charge >= 0.3 is 0 Å². The third-order valence-electron chi connectivity index (χ3n) is 2.81. The van der Waals surface area contributed by atoms with Gasteiger partial charge < -0.3 is 11.1 Å². The second-order valence-corrected chi connectivity index (χ2v) is 6.19. The summed E-state index contributed by atoms with van der Waals surface area (Å²) in [5, 5.41) is 3.05. The van der Waals surface area contributed by atoms with Crippen LogP contribution in [-0.2, 0) is 4.79 Å². The molecule has 0 aromatic heterocycles. The summed E-state index contributed by atoms with van der Waals surface area (Å²) in [7, 11) is 0. The first-order chi connectivity index (χ1) is 7.14. The van der Waals surface area contributed by atoms with Crippen molar-refractivity contribution in [3.8, 4) is 0 Å². The van der Waals surface area contributed by atoms with E-state index in [0.29, 0.717) is 5.92 Å². The van der Waals surface area contributed by atoms with E-state index in [1.165, 1.54) is 0 Å². The molecule has 1 amide bonds. The van der Waals surface area contributed by atoms with E-state index < -0.39 is 6.04 Å². The molecule has 0 heterocycles. The fourth-order valence-electron chi connectivity index (χ4n) is 1.52. The fourth-order valence-corrected chi connectivity index (χ4v) is 1.52. The lowest BCUT2D eigenvalue weighted by Crippen LogP contribution is -2.49. The van der Waals surface area contributed by atoms with Crippen LogP contribution in [0, 0.1) is 11.3 Å². The lowest BCUT2D eigenvalue weighted by atomic mass is 9.82. The number of carbonyl (C=O) groups excluding carboxylic acids is 1. The van der Waals surface area contributed by atoms with Gasteiger partial charge in [-0.05, 0) is 31.1 Å². The lowest BCUT2D eigenvalue weighted by Gasteiger charge is -2.32. The van der Waals surface area contributed by atoms with E-state index in [2.05, 4.69) is 39.9 Å². The first-order valence-electron chi connectivity index (χ1n) is 6.20. The smallest absolute Gasteiger partial charge is 0.236 e. The van der Waals surface area contributed by atoms with Gasteiger partial charge in [0.05, 0.1) is 6.04 Å². The zero-order valence-corrected chi connectivity index (χ0v) is 12.9. The van der Waals surface area contributed by atoms with Crippen LogP contribution >= 0.6 is 12.4 Å².